The smallest absolute Gasteiger partial charge is 0.343 e. The van der Waals surface area contributed by atoms with Crippen molar-refractivity contribution in [2.75, 3.05) is 33.5 Å². The molecule has 6 nitrogen and oxygen atoms in total. The van der Waals surface area contributed by atoms with E-state index in [1.165, 1.54) is 7.11 Å². The van der Waals surface area contributed by atoms with Gasteiger partial charge in [-0.05, 0) is 55.2 Å². The van der Waals surface area contributed by atoms with Gasteiger partial charge in [0, 0.05) is 30.8 Å². The summed E-state index contributed by atoms with van der Waals surface area (Å²) in [5.41, 5.74) is 2.16. The fourth-order valence-corrected chi connectivity index (χ4v) is 3.13. The minimum Gasteiger partial charge on any atom is -0.482 e. The Morgan fingerprint density at radius 3 is 2.63 bits per heavy atom. The maximum atomic E-state index is 11.1. The molecule has 0 aromatic heterocycles. The van der Waals surface area contributed by atoms with Gasteiger partial charge < -0.3 is 24.6 Å². The Kier molecular flexibility index (Phi) is 10.7. The van der Waals surface area contributed by atoms with Crippen LogP contribution in [0.3, 0.4) is 0 Å². The molecule has 0 heterocycles. The van der Waals surface area contributed by atoms with Crippen molar-refractivity contribution in [1.82, 2.24) is 5.32 Å². The van der Waals surface area contributed by atoms with Crippen molar-refractivity contribution >= 4 is 17.6 Å². The lowest BCUT2D eigenvalue weighted by atomic mass is 10.1. The number of rotatable bonds is 13. The first kappa shape index (κ1) is 24.2. The van der Waals surface area contributed by atoms with Crippen molar-refractivity contribution < 1.29 is 24.1 Å². The molecule has 0 aliphatic heterocycles. The maximum absolute atomic E-state index is 11.1. The fraction of sp³-hybridized carbons (Fsp3) is 0.435. The average Bonchev–Trinajstić information content (AvgIpc) is 2.75. The minimum atomic E-state index is -0.410. The number of carbonyl (C=O) groups is 1. The monoisotopic (exact) mass is 435 g/mol. The molecule has 0 amide bonds. The van der Waals surface area contributed by atoms with Crippen LogP contribution in [0.25, 0.3) is 0 Å². The highest BCUT2D eigenvalue weighted by molar-refractivity contribution is 6.30. The Labute approximate surface area is 183 Å². The van der Waals surface area contributed by atoms with Crippen LogP contribution >= 0.6 is 11.6 Å². The first-order valence-corrected chi connectivity index (χ1v) is 10.4. The number of hydrogen-bond acceptors (Lipinski definition) is 6. The van der Waals surface area contributed by atoms with E-state index in [9.17, 15) is 4.79 Å². The van der Waals surface area contributed by atoms with Crippen LogP contribution in [0, 0.1) is 0 Å². The standard InChI is InChI=1S/C23H30ClNO5/c1-17(13-18-7-9-21(10-8-18)30-16-23(27)28-2)25-15-22(29-12-4-11-26)19-5-3-6-20(24)14-19/h3,5-10,14,17,22,25-26H,4,11-13,15-16H2,1-2H3. The summed E-state index contributed by atoms with van der Waals surface area (Å²) in [4.78, 5) is 11.1. The zero-order valence-corrected chi connectivity index (χ0v) is 18.2. The summed E-state index contributed by atoms with van der Waals surface area (Å²) in [6.45, 7) is 3.23. The number of nitrogens with one attached hydrogen (secondary N) is 1. The van der Waals surface area contributed by atoms with Gasteiger partial charge in [0.25, 0.3) is 0 Å². The van der Waals surface area contributed by atoms with E-state index < -0.39 is 5.97 Å². The summed E-state index contributed by atoms with van der Waals surface area (Å²) >= 11 is 6.13. The fourth-order valence-electron chi connectivity index (χ4n) is 2.93. The largest absolute Gasteiger partial charge is 0.482 e. The summed E-state index contributed by atoms with van der Waals surface area (Å²) in [5.74, 6) is 0.218. The van der Waals surface area contributed by atoms with Crippen LogP contribution in [0.2, 0.25) is 5.02 Å². The molecule has 30 heavy (non-hydrogen) atoms. The first-order chi connectivity index (χ1) is 14.5. The average molecular weight is 436 g/mol. The molecule has 0 radical (unpaired) electrons. The summed E-state index contributed by atoms with van der Waals surface area (Å²) < 4.78 is 15.9. The number of hydrogen-bond donors (Lipinski definition) is 2. The number of aliphatic hydroxyl groups excluding tert-OH is 1. The van der Waals surface area contributed by atoms with Crippen molar-refractivity contribution in [2.45, 2.75) is 31.9 Å². The quantitative estimate of drug-likeness (QED) is 0.370. The topological polar surface area (TPSA) is 77.0 Å². The van der Waals surface area contributed by atoms with Gasteiger partial charge in [-0.2, -0.15) is 0 Å². The van der Waals surface area contributed by atoms with Gasteiger partial charge in [-0.15, -0.1) is 0 Å². The van der Waals surface area contributed by atoms with Crippen molar-refractivity contribution in [3.8, 4) is 5.75 Å². The molecule has 7 heteroatoms. The van der Waals surface area contributed by atoms with Crippen LogP contribution < -0.4 is 10.1 Å². The number of benzene rings is 2. The molecule has 2 atom stereocenters. The Morgan fingerprint density at radius 1 is 1.20 bits per heavy atom. The molecule has 2 unspecified atom stereocenters. The lowest BCUT2D eigenvalue weighted by molar-refractivity contribution is -0.142. The van der Waals surface area contributed by atoms with Gasteiger partial charge in [-0.3, -0.25) is 0 Å². The van der Waals surface area contributed by atoms with Crippen molar-refractivity contribution in [2.24, 2.45) is 0 Å². The predicted octanol–water partition coefficient (Wildman–Crippen LogP) is 3.55. The molecule has 2 rings (SSSR count). The maximum Gasteiger partial charge on any atom is 0.343 e. The molecule has 2 aromatic rings. The number of halogens is 1. The van der Waals surface area contributed by atoms with Crippen molar-refractivity contribution in [3.63, 3.8) is 0 Å². The Balaban J connectivity index is 1.86. The second-order valence-corrected chi connectivity index (χ2v) is 7.45. The number of ether oxygens (including phenoxy) is 3. The third-order valence-corrected chi connectivity index (χ3v) is 4.78. The highest BCUT2D eigenvalue weighted by Gasteiger charge is 2.14. The van der Waals surface area contributed by atoms with Gasteiger partial charge >= 0.3 is 5.97 Å². The first-order valence-electron chi connectivity index (χ1n) is 10.0. The van der Waals surface area contributed by atoms with E-state index in [2.05, 4.69) is 17.0 Å². The summed E-state index contributed by atoms with van der Waals surface area (Å²) in [6, 6.07) is 15.5. The zero-order chi connectivity index (χ0) is 21.8. The summed E-state index contributed by atoms with van der Waals surface area (Å²) in [7, 11) is 1.33. The zero-order valence-electron chi connectivity index (χ0n) is 17.5. The Hall–Kier alpha value is -2.12. The number of methoxy groups -OCH3 is 1. The molecule has 0 aliphatic rings. The highest BCUT2D eigenvalue weighted by Crippen LogP contribution is 2.21. The van der Waals surface area contributed by atoms with Crippen LogP contribution in [0.4, 0.5) is 0 Å². The van der Waals surface area contributed by atoms with Gasteiger partial charge in [-0.1, -0.05) is 35.9 Å². The van der Waals surface area contributed by atoms with E-state index in [-0.39, 0.29) is 25.4 Å². The number of carbonyl (C=O) groups excluding carboxylic acids is 1. The second-order valence-electron chi connectivity index (χ2n) is 7.01. The van der Waals surface area contributed by atoms with Gasteiger partial charge in [-0.25, -0.2) is 4.79 Å². The summed E-state index contributed by atoms with van der Waals surface area (Å²) in [5, 5.41) is 13.2. The van der Waals surface area contributed by atoms with Gasteiger partial charge in [0.15, 0.2) is 6.61 Å². The SMILES string of the molecule is COC(=O)COc1ccc(CC(C)NCC(OCCCO)c2cccc(Cl)c2)cc1. The van der Waals surface area contributed by atoms with Crippen molar-refractivity contribution in [1.29, 1.82) is 0 Å². The third kappa shape index (κ3) is 8.71. The molecule has 0 spiro atoms. The normalized spacial score (nSPS) is 12.9. The van der Waals surface area contributed by atoms with Crippen molar-refractivity contribution in [3.05, 3.63) is 64.7 Å². The van der Waals surface area contributed by atoms with Crippen LogP contribution in [0.1, 0.15) is 30.6 Å². The Bertz CT molecular complexity index is 768. The minimum absolute atomic E-state index is 0.102. The van der Waals surface area contributed by atoms with Crippen LogP contribution in [0.15, 0.2) is 48.5 Å². The molecule has 2 N–H and O–H groups in total. The second kappa shape index (κ2) is 13.2. The Morgan fingerprint density at radius 2 is 1.97 bits per heavy atom. The van der Waals surface area contributed by atoms with Crippen LogP contribution in [-0.4, -0.2) is 50.6 Å². The molecule has 0 bridgehead atoms. The molecule has 0 saturated carbocycles. The molecule has 0 fully saturated rings. The van der Waals surface area contributed by atoms with E-state index in [0.717, 1.165) is 17.5 Å². The third-order valence-electron chi connectivity index (χ3n) is 4.54. The lowest BCUT2D eigenvalue weighted by Gasteiger charge is -2.22. The molecule has 164 valence electrons. The van der Waals surface area contributed by atoms with E-state index in [4.69, 9.17) is 26.2 Å². The van der Waals surface area contributed by atoms with Crippen LogP contribution in [-0.2, 0) is 20.7 Å². The molecule has 0 aliphatic carbocycles. The van der Waals surface area contributed by atoms with Gasteiger partial charge in [0.1, 0.15) is 5.75 Å². The van der Waals surface area contributed by atoms with Gasteiger partial charge in [0.2, 0.25) is 0 Å². The predicted molar refractivity (Wildman–Crippen MR) is 117 cm³/mol. The highest BCUT2D eigenvalue weighted by atomic mass is 35.5. The van der Waals surface area contributed by atoms with E-state index in [1.54, 1.807) is 0 Å². The molecule has 2 aromatic carbocycles. The molecular weight excluding hydrogens is 406 g/mol. The number of esters is 1. The lowest BCUT2D eigenvalue weighted by Crippen LogP contribution is -2.33. The molecular formula is C23H30ClNO5. The van der Waals surface area contributed by atoms with E-state index in [1.807, 2.05) is 48.5 Å². The molecule has 0 saturated heterocycles. The van der Waals surface area contributed by atoms with Gasteiger partial charge in [0.05, 0.1) is 13.2 Å². The van der Waals surface area contributed by atoms with Crippen LogP contribution in [0.5, 0.6) is 5.75 Å². The summed E-state index contributed by atoms with van der Waals surface area (Å²) in [6.07, 6.45) is 1.28. The number of aliphatic hydroxyl groups is 1. The van der Waals surface area contributed by atoms with E-state index in [0.29, 0.717) is 30.3 Å². The van der Waals surface area contributed by atoms with E-state index >= 15 is 0 Å².